The minimum atomic E-state index is -1.60. The third kappa shape index (κ3) is 9.28. The average molecular weight is 597 g/mol. The molecule has 11 N–H and O–H groups in total. The van der Waals surface area contributed by atoms with E-state index in [4.69, 9.17) is 11.5 Å². The van der Waals surface area contributed by atoms with Gasteiger partial charge >= 0.3 is 5.97 Å². The van der Waals surface area contributed by atoms with Gasteiger partial charge in [-0.2, -0.15) is 0 Å². The number of aromatic hydroxyl groups is 1. The Bertz CT molecular complexity index is 1450. The fourth-order valence-electron chi connectivity index (χ4n) is 4.45. The second-order valence-corrected chi connectivity index (χ2v) is 10.2. The number of para-hydroxylation sites is 1. The van der Waals surface area contributed by atoms with E-state index in [1.807, 2.05) is 24.3 Å². The summed E-state index contributed by atoms with van der Waals surface area (Å²) in [6.07, 6.45) is -0.300. The van der Waals surface area contributed by atoms with Crippen LogP contribution in [-0.2, 0) is 36.8 Å². The van der Waals surface area contributed by atoms with Gasteiger partial charge in [0.15, 0.2) is 0 Å². The number of aliphatic hydroxyl groups excluding tert-OH is 1. The minimum Gasteiger partial charge on any atom is -0.508 e. The number of hydrogen-bond donors (Lipinski definition) is 9. The molecule has 5 atom stereocenters. The van der Waals surface area contributed by atoms with Crippen molar-refractivity contribution in [2.45, 2.75) is 62.9 Å². The summed E-state index contributed by atoms with van der Waals surface area (Å²) in [6, 6.07) is 8.02. The molecule has 3 rings (SSSR count). The van der Waals surface area contributed by atoms with Crippen LogP contribution in [0.25, 0.3) is 10.9 Å². The number of carbonyl (C=O) groups is 5. The fraction of sp³-hybridized carbons (Fsp3) is 0.345. The molecule has 2 aromatic carbocycles. The van der Waals surface area contributed by atoms with Gasteiger partial charge in [0, 0.05) is 29.9 Å². The van der Waals surface area contributed by atoms with Gasteiger partial charge < -0.3 is 47.7 Å². The molecule has 14 nitrogen and oxygen atoms in total. The number of H-pyrrole nitrogens is 1. The molecule has 14 heteroatoms. The van der Waals surface area contributed by atoms with Crippen molar-refractivity contribution in [3.63, 3.8) is 0 Å². The highest BCUT2D eigenvalue weighted by Gasteiger charge is 2.33. The molecule has 230 valence electrons. The highest BCUT2D eigenvalue weighted by atomic mass is 16.4. The van der Waals surface area contributed by atoms with E-state index in [2.05, 4.69) is 20.9 Å². The number of phenolic OH excluding ortho intramolecular Hbond substituents is 1. The number of phenols is 1. The van der Waals surface area contributed by atoms with Gasteiger partial charge in [-0.3, -0.25) is 19.2 Å². The summed E-state index contributed by atoms with van der Waals surface area (Å²) < 4.78 is 0. The molecule has 0 aliphatic rings. The lowest BCUT2D eigenvalue weighted by Gasteiger charge is -2.26. The number of carbonyl (C=O) groups excluding carboxylic acids is 4. The number of aliphatic carboxylic acids is 1. The zero-order chi connectivity index (χ0) is 31.7. The van der Waals surface area contributed by atoms with Gasteiger partial charge in [0.2, 0.25) is 23.6 Å². The Morgan fingerprint density at radius 1 is 0.884 bits per heavy atom. The van der Waals surface area contributed by atoms with E-state index in [0.29, 0.717) is 11.1 Å². The van der Waals surface area contributed by atoms with Crippen LogP contribution in [-0.4, -0.2) is 80.2 Å². The van der Waals surface area contributed by atoms with Crippen molar-refractivity contribution in [1.29, 1.82) is 0 Å². The number of aromatic amines is 1. The summed E-state index contributed by atoms with van der Waals surface area (Å²) in [5.74, 6) is -4.65. The van der Waals surface area contributed by atoms with E-state index >= 15 is 0 Å². The zero-order valence-corrected chi connectivity index (χ0v) is 23.4. The molecule has 0 spiro atoms. The molecule has 1 heterocycles. The summed E-state index contributed by atoms with van der Waals surface area (Å²) in [7, 11) is 0. The lowest BCUT2D eigenvalue weighted by Crippen LogP contribution is -2.60. The number of aromatic nitrogens is 1. The molecule has 0 bridgehead atoms. The number of fused-ring (bicyclic) bond motifs is 1. The van der Waals surface area contributed by atoms with Crippen molar-refractivity contribution in [1.82, 2.24) is 20.9 Å². The standard InChI is InChI=1S/C29H36N6O8/c1-15(36)25(28(41)33-22(29(42)43)10-11-24(31)38)35-27(40)23(13-17-14-32-21-5-3-2-4-19(17)21)34-26(39)20(30)12-16-6-8-18(37)9-7-16/h2-9,14-15,20,22-23,25,32,36-37H,10-13,30H2,1H3,(H2,31,38)(H,33,41)(H,34,39)(H,35,40)(H,42,43). The number of rotatable bonds is 15. The van der Waals surface area contributed by atoms with Crippen molar-refractivity contribution in [3.8, 4) is 5.75 Å². The summed E-state index contributed by atoms with van der Waals surface area (Å²) in [5.41, 5.74) is 13.4. The van der Waals surface area contributed by atoms with E-state index < -0.39 is 59.9 Å². The maximum atomic E-state index is 13.5. The molecule has 0 saturated carbocycles. The second-order valence-electron chi connectivity index (χ2n) is 10.2. The minimum absolute atomic E-state index is 0.0158. The van der Waals surface area contributed by atoms with Crippen LogP contribution in [0.15, 0.2) is 54.7 Å². The Labute approximate surface area is 246 Å². The number of carboxylic acids is 1. The van der Waals surface area contributed by atoms with Crippen LogP contribution in [0.4, 0.5) is 0 Å². The highest BCUT2D eigenvalue weighted by Crippen LogP contribution is 2.19. The second kappa shape index (κ2) is 14.8. The van der Waals surface area contributed by atoms with Crippen LogP contribution < -0.4 is 27.4 Å². The van der Waals surface area contributed by atoms with Gasteiger partial charge in [-0.15, -0.1) is 0 Å². The third-order valence-corrected chi connectivity index (χ3v) is 6.82. The normalized spacial score (nSPS) is 14.6. The number of hydrogen-bond acceptors (Lipinski definition) is 8. The molecular weight excluding hydrogens is 560 g/mol. The van der Waals surface area contributed by atoms with Gasteiger partial charge in [-0.25, -0.2) is 4.79 Å². The number of amides is 4. The summed E-state index contributed by atoms with van der Waals surface area (Å²) in [5, 5.41) is 37.3. The van der Waals surface area contributed by atoms with Crippen molar-refractivity contribution >= 4 is 40.5 Å². The largest absolute Gasteiger partial charge is 0.508 e. The first-order valence-electron chi connectivity index (χ1n) is 13.5. The molecular formula is C29H36N6O8. The van der Waals surface area contributed by atoms with Gasteiger partial charge in [-0.05, 0) is 49.1 Å². The van der Waals surface area contributed by atoms with Crippen LogP contribution in [0.2, 0.25) is 0 Å². The predicted octanol–water partition coefficient (Wildman–Crippen LogP) is -0.829. The molecule has 0 saturated heterocycles. The molecule has 0 aliphatic carbocycles. The van der Waals surface area contributed by atoms with E-state index in [1.165, 1.54) is 19.1 Å². The van der Waals surface area contributed by atoms with Crippen LogP contribution in [0, 0.1) is 0 Å². The van der Waals surface area contributed by atoms with Crippen LogP contribution in [0.1, 0.15) is 30.9 Å². The van der Waals surface area contributed by atoms with Gasteiger partial charge in [0.1, 0.15) is 23.9 Å². The molecule has 4 amide bonds. The Balaban J connectivity index is 1.81. The van der Waals surface area contributed by atoms with E-state index in [-0.39, 0.29) is 31.4 Å². The summed E-state index contributed by atoms with van der Waals surface area (Å²) in [4.78, 5) is 65.4. The topological polar surface area (TPSA) is 250 Å². The average Bonchev–Trinajstić information content (AvgIpc) is 3.36. The lowest BCUT2D eigenvalue weighted by molar-refractivity contribution is -0.143. The monoisotopic (exact) mass is 596 g/mol. The van der Waals surface area contributed by atoms with Crippen LogP contribution in [0.5, 0.6) is 5.75 Å². The number of aliphatic hydroxyl groups is 1. The van der Waals surface area contributed by atoms with E-state index in [1.54, 1.807) is 18.3 Å². The van der Waals surface area contributed by atoms with Crippen LogP contribution >= 0.6 is 0 Å². The fourth-order valence-corrected chi connectivity index (χ4v) is 4.45. The smallest absolute Gasteiger partial charge is 0.326 e. The Hall–Kier alpha value is -4.95. The number of nitrogens with two attached hydrogens (primary N) is 2. The Kier molecular flexibility index (Phi) is 11.2. The molecule has 0 fully saturated rings. The van der Waals surface area contributed by atoms with Crippen LogP contribution in [0.3, 0.4) is 0 Å². The highest BCUT2D eigenvalue weighted by molar-refractivity contribution is 5.95. The molecule has 5 unspecified atom stereocenters. The van der Waals surface area contributed by atoms with Crippen molar-refractivity contribution in [2.75, 3.05) is 0 Å². The SMILES string of the molecule is CC(O)C(NC(=O)C(Cc1c[nH]c2ccccc12)NC(=O)C(N)Cc1ccc(O)cc1)C(=O)NC(CCC(N)=O)C(=O)O. The number of carboxylic acid groups (broad SMARTS) is 1. The first-order chi connectivity index (χ1) is 20.3. The van der Waals surface area contributed by atoms with Crippen molar-refractivity contribution in [3.05, 3.63) is 65.9 Å². The lowest BCUT2D eigenvalue weighted by atomic mass is 10.0. The Morgan fingerprint density at radius 2 is 1.53 bits per heavy atom. The maximum absolute atomic E-state index is 13.5. The first kappa shape index (κ1) is 32.6. The number of nitrogens with one attached hydrogen (secondary N) is 4. The molecule has 3 aromatic rings. The Morgan fingerprint density at radius 3 is 2.16 bits per heavy atom. The number of benzene rings is 2. The molecule has 0 aliphatic heterocycles. The summed E-state index contributed by atoms with van der Waals surface area (Å²) >= 11 is 0. The van der Waals surface area contributed by atoms with Crippen molar-refractivity contribution in [2.24, 2.45) is 11.5 Å². The predicted molar refractivity (Wildman–Crippen MR) is 155 cm³/mol. The molecule has 43 heavy (non-hydrogen) atoms. The van der Waals surface area contributed by atoms with E-state index in [9.17, 15) is 39.3 Å². The first-order valence-corrected chi connectivity index (χ1v) is 13.5. The van der Waals surface area contributed by atoms with Gasteiger partial charge in [0.25, 0.3) is 0 Å². The zero-order valence-electron chi connectivity index (χ0n) is 23.4. The van der Waals surface area contributed by atoms with Crippen molar-refractivity contribution < 1.29 is 39.3 Å². The molecule has 1 aromatic heterocycles. The molecule has 0 radical (unpaired) electrons. The number of primary amides is 1. The quantitative estimate of drug-likeness (QED) is 0.106. The van der Waals surface area contributed by atoms with Gasteiger partial charge in [-0.1, -0.05) is 30.3 Å². The van der Waals surface area contributed by atoms with Gasteiger partial charge in [0.05, 0.1) is 12.1 Å². The summed E-state index contributed by atoms with van der Waals surface area (Å²) in [6.45, 7) is 1.23. The third-order valence-electron chi connectivity index (χ3n) is 6.82. The maximum Gasteiger partial charge on any atom is 0.326 e. The van der Waals surface area contributed by atoms with E-state index in [0.717, 1.165) is 10.9 Å².